The minimum atomic E-state index is 0.00270. The summed E-state index contributed by atoms with van der Waals surface area (Å²) in [6, 6.07) is 11.7. The van der Waals surface area contributed by atoms with Crippen LogP contribution >= 0.6 is 22.9 Å². The van der Waals surface area contributed by atoms with E-state index in [1.54, 1.807) is 6.26 Å². The second-order valence-electron chi connectivity index (χ2n) is 6.94. The summed E-state index contributed by atoms with van der Waals surface area (Å²) in [5.41, 5.74) is 2.00. The number of furan rings is 1. The lowest BCUT2D eigenvalue weighted by molar-refractivity contribution is 0.0734. The summed E-state index contributed by atoms with van der Waals surface area (Å²) in [6.45, 7) is 5.33. The van der Waals surface area contributed by atoms with Crippen LogP contribution in [0.15, 0.2) is 47.1 Å². The van der Waals surface area contributed by atoms with Crippen molar-refractivity contribution in [1.82, 2.24) is 9.88 Å². The molecule has 0 aliphatic rings. The van der Waals surface area contributed by atoms with Crippen molar-refractivity contribution in [2.75, 3.05) is 6.54 Å². The predicted molar refractivity (Wildman–Crippen MR) is 115 cm³/mol. The molecule has 0 radical (unpaired) electrons. The SMILES string of the molecule is CCCCN(Cc1ccco1)C(=O)c1cc2c(Cl)nc3ccc(C)cc3c2s1. The molecule has 0 saturated heterocycles. The lowest BCUT2D eigenvalue weighted by atomic mass is 10.1. The van der Waals surface area contributed by atoms with Crippen molar-refractivity contribution in [1.29, 1.82) is 0 Å². The molecule has 6 heteroatoms. The number of aryl methyl sites for hydroxylation is 1. The highest BCUT2D eigenvalue weighted by Gasteiger charge is 2.21. The molecule has 0 aliphatic heterocycles. The van der Waals surface area contributed by atoms with Crippen LogP contribution in [0.5, 0.6) is 0 Å². The first-order valence-electron chi connectivity index (χ1n) is 9.38. The predicted octanol–water partition coefficient (Wildman–Crippen LogP) is 6.45. The standard InChI is InChI=1S/C22H21ClN2O2S/c1-3-4-9-25(13-15-6-5-10-27-15)22(26)19-12-17-20(28-19)16-11-14(2)7-8-18(16)24-21(17)23/h5-8,10-12H,3-4,9,13H2,1-2H3. The first-order valence-corrected chi connectivity index (χ1v) is 10.6. The number of carbonyl (C=O) groups excluding carboxylic acids is 1. The van der Waals surface area contributed by atoms with Crippen molar-refractivity contribution < 1.29 is 9.21 Å². The molecule has 3 aromatic heterocycles. The minimum Gasteiger partial charge on any atom is -0.467 e. The Hall–Kier alpha value is -2.37. The van der Waals surface area contributed by atoms with Gasteiger partial charge in [0.2, 0.25) is 0 Å². The molecule has 0 aliphatic carbocycles. The van der Waals surface area contributed by atoms with Crippen molar-refractivity contribution in [3.63, 3.8) is 0 Å². The molecule has 144 valence electrons. The lowest BCUT2D eigenvalue weighted by Gasteiger charge is -2.20. The number of benzene rings is 1. The minimum absolute atomic E-state index is 0.00270. The Morgan fingerprint density at radius 3 is 2.86 bits per heavy atom. The van der Waals surface area contributed by atoms with Gasteiger partial charge < -0.3 is 9.32 Å². The van der Waals surface area contributed by atoms with Crippen LogP contribution in [0.25, 0.3) is 21.0 Å². The zero-order valence-corrected chi connectivity index (χ0v) is 17.4. The molecular weight excluding hydrogens is 392 g/mol. The smallest absolute Gasteiger partial charge is 0.264 e. The first kappa shape index (κ1) is 19.0. The number of rotatable bonds is 6. The average molecular weight is 413 g/mol. The first-order chi connectivity index (χ1) is 13.6. The van der Waals surface area contributed by atoms with E-state index in [2.05, 4.69) is 24.9 Å². The summed E-state index contributed by atoms with van der Waals surface area (Å²) in [7, 11) is 0. The number of halogens is 1. The molecule has 3 heterocycles. The van der Waals surface area contributed by atoms with Crippen LogP contribution in [-0.4, -0.2) is 22.3 Å². The quantitative estimate of drug-likeness (QED) is 0.342. The lowest BCUT2D eigenvalue weighted by Crippen LogP contribution is -2.30. The van der Waals surface area contributed by atoms with Gasteiger partial charge >= 0.3 is 0 Å². The van der Waals surface area contributed by atoms with E-state index in [0.717, 1.165) is 45.2 Å². The monoisotopic (exact) mass is 412 g/mol. The van der Waals surface area contributed by atoms with Crippen LogP contribution in [0.3, 0.4) is 0 Å². The van der Waals surface area contributed by atoms with Gasteiger partial charge in [0.25, 0.3) is 5.91 Å². The van der Waals surface area contributed by atoms with E-state index in [1.165, 1.54) is 11.3 Å². The molecule has 0 atom stereocenters. The molecule has 0 unspecified atom stereocenters. The summed E-state index contributed by atoms with van der Waals surface area (Å²) in [5.74, 6) is 0.786. The van der Waals surface area contributed by atoms with Gasteiger partial charge in [-0.1, -0.05) is 36.6 Å². The third-order valence-electron chi connectivity index (χ3n) is 4.78. The fraction of sp³-hybridized carbons (Fsp3) is 0.273. The van der Waals surface area contributed by atoms with Gasteiger partial charge in [-0.05, 0) is 43.7 Å². The van der Waals surface area contributed by atoms with Gasteiger partial charge in [-0.15, -0.1) is 11.3 Å². The molecule has 4 nitrogen and oxygen atoms in total. The number of aromatic nitrogens is 1. The highest BCUT2D eigenvalue weighted by molar-refractivity contribution is 7.21. The molecule has 4 rings (SSSR count). The van der Waals surface area contributed by atoms with Crippen molar-refractivity contribution >= 4 is 49.8 Å². The third kappa shape index (κ3) is 3.64. The van der Waals surface area contributed by atoms with Gasteiger partial charge in [-0.2, -0.15) is 0 Å². The molecule has 0 spiro atoms. The zero-order valence-electron chi connectivity index (χ0n) is 15.9. The molecule has 1 amide bonds. The van der Waals surface area contributed by atoms with Crippen LogP contribution in [0.2, 0.25) is 5.15 Å². The second kappa shape index (κ2) is 7.94. The molecule has 0 bridgehead atoms. The molecule has 0 N–H and O–H groups in total. The molecule has 0 fully saturated rings. The molecule has 0 saturated carbocycles. The van der Waals surface area contributed by atoms with Crippen LogP contribution < -0.4 is 0 Å². The topological polar surface area (TPSA) is 46.3 Å². The summed E-state index contributed by atoms with van der Waals surface area (Å²) in [6.07, 6.45) is 3.60. The largest absolute Gasteiger partial charge is 0.467 e. The van der Waals surface area contributed by atoms with E-state index in [4.69, 9.17) is 16.0 Å². The number of hydrogen-bond donors (Lipinski definition) is 0. The Kier molecular flexibility index (Phi) is 5.38. The van der Waals surface area contributed by atoms with Crippen molar-refractivity contribution in [2.24, 2.45) is 0 Å². The number of thiophene rings is 1. The van der Waals surface area contributed by atoms with E-state index in [1.807, 2.05) is 35.2 Å². The second-order valence-corrected chi connectivity index (χ2v) is 8.35. The fourth-order valence-electron chi connectivity index (χ4n) is 3.29. The Morgan fingerprint density at radius 2 is 2.11 bits per heavy atom. The number of fused-ring (bicyclic) bond motifs is 3. The maximum Gasteiger partial charge on any atom is 0.264 e. The van der Waals surface area contributed by atoms with Crippen LogP contribution in [0.4, 0.5) is 0 Å². The average Bonchev–Trinajstić information content (AvgIpc) is 3.35. The van der Waals surface area contributed by atoms with Crippen LogP contribution in [0, 0.1) is 6.92 Å². The van der Waals surface area contributed by atoms with Crippen molar-refractivity contribution in [3.05, 3.63) is 64.0 Å². The van der Waals surface area contributed by atoms with Crippen LogP contribution in [-0.2, 0) is 6.54 Å². The number of nitrogens with zero attached hydrogens (tertiary/aromatic N) is 2. The van der Waals surface area contributed by atoms with Crippen molar-refractivity contribution in [2.45, 2.75) is 33.2 Å². The van der Waals surface area contributed by atoms with E-state index in [0.29, 0.717) is 23.1 Å². The van der Waals surface area contributed by atoms with E-state index in [-0.39, 0.29) is 5.91 Å². The zero-order chi connectivity index (χ0) is 19.7. The molecule has 28 heavy (non-hydrogen) atoms. The Labute approximate surface area is 172 Å². The van der Waals surface area contributed by atoms with E-state index < -0.39 is 0 Å². The van der Waals surface area contributed by atoms with E-state index in [9.17, 15) is 4.79 Å². The Morgan fingerprint density at radius 1 is 1.25 bits per heavy atom. The molecular formula is C22H21ClN2O2S. The Bertz CT molecular complexity index is 1130. The summed E-state index contributed by atoms with van der Waals surface area (Å²) in [4.78, 5) is 20.3. The number of carbonyl (C=O) groups is 1. The fourth-order valence-corrected chi connectivity index (χ4v) is 4.74. The number of pyridine rings is 1. The van der Waals surface area contributed by atoms with E-state index >= 15 is 0 Å². The van der Waals surface area contributed by atoms with Gasteiger partial charge in [0.1, 0.15) is 10.9 Å². The molecule has 4 aromatic rings. The van der Waals surface area contributed by atoms with Crippen molar-refractivity contribution in [3.8, 4) is 0 Å². The van der Waals surface area contributed by atoms with Crippen LogP contribution in [0.1, 0.15) is 40.8 Å². The van der Waals surface area contributed by atoms with Gasteiger partial charge in [0.05, 0.1) is 23.2 Å². The summed E-state index contributed by atoms with van der Waals surface area (Å²) in [5, 5.41) is 2.31. The maximum atomic E-state index is 13.3. The van der Waals surface area contributed by atoms with Gasteiger partial charge in [-0.25, -0.2) is 4.98 Å². The highest BCUT2D eigenvalue weighted by atomic mass is 35.5. The third-order valence-corrected chi connectivity index (χ3v) is 6.22. The normalized spacial score (nSPS) is 11.4. The summed E-state index contributed by atoms with van der Waals surface area (Å²) < 4.78 is 6.47. The highest BCUT2D eigenvalue weighted by Crippen LogP contribution is 2.36. The number of hydrogen-bond acceptors (Lipinski definition) is 4. The molecule has 1 aromatic carbocycles. The van der Waals surface area contributed by atoms with Gasteiger partial charge in [0, 0.05) is 22.0 Å². The maximum absolute atomic E-state index is 13.3. The number of amides is 1. The Balaban J connectivity index is 1.75. The van der Waals surface area contributed by atoms with Gasteiger partial charge in [-0.3, -0.25) is 4.79 Å². The van der Waals surface area contributed by atoms with Gasteiger partial charge in [0.15, 0.2) is 0 Å². The summed E-state index contributed by atoms with van der Waals surface area (Å²) >= 11 is 7.91. The number of unbranched alkanes of at least 4 members (excludes halogenated alkanes) is 1.